The van der Waals surface area contributed by atoms with Crippen molar-refractivity contribution in [2.45, 2.75) is 37.3 Å². The highest BCUT2D eigenvalue weighted by atomic mass is 32.2. The van der Waals surface area contributed by atoms with Crippen LogP contribution in [0.15, 0.2) is 17.4 Å². The summed E-state index contributed by atoms with van der Waals surface area (Å²) in [6, 6.07) is 0. The number of H-pyrrole nitrogens is 1. The van der Waals surface area contributed by atoms with Gasteiger partial charge in [-0.25, -0.2) is 0 Å². The summed E-state index contributed by atoms with van der Waals surface area (Å²) in [5, 5.41) is 0.828. The van der Waals surface area contributed by atoms with Gasteiger partial charge in [0.2, 0.25) is 0 Å². The van der Waals surface area contributed by atoms with Crippen molar-refractivity contribution in [2.75, 3.05) is 0 Å². The van der Waals surface area contributed by atoms with E-state index >= 15 is 0 Å². The first-order chi connectivity index (χ1) is 9.43. The van der Waals surface area contributed by atoms with Crippen molar-refractivity contribution in [3.63, 3.8) is 0 Å². The molecular formula is C14H16N2OS3. The standard InChI is InChI=1S/C14H16N2OS3/c1-4-5-16-12(17)10-8-6-14(2,3)19-7-9(8)20-11(10)15-13(16)18/h4H,1,5-7H2,2-3H3,(H,15,18). The minimum atomic E-state index is 0.0175. The number of aromatic amines is 1. The van der Waals surface area contributed by atoms with Gasteiger partial charge in [-0.2, -0.15) is 0 Å². The topological polar surface area (TPSA) is 37.8 Å². The summed E-state index contributed by atoms with van der Waals surface area (Å²) < 4.78 is 2.25. The fourth-order valence-electron chi connectivity index (χ4n) is 2.55. The molecule has 0 saturated heterocycles. The van der Waals surface area contributed by atoms with Crippen LogP contribution in [-0.2, 0) is 18.7 Å². The van der Waals surface area contributed by atoms with E-state index < -0.39 is 0 Å². The van der Waals surface area contributed by atoms with Gasteiger partial charge < -0.3 is 4.98 Å². The highest BCUT2D eigenvalue weighted by Gasteiger charge is 2.30. The molecule has 0 saturated carbocycles. The van der Waals surface area contributed by atoms with Crippen LogP contribution in [0.2, 0.25) is 0 Å². The molecule has 1 aliphatic rings. The van der Waals surface area contributed by atoms with Crippen LogP contribution in [0.4, 0.5) is 0 Å². The van der Waals surface area contributed by atoms with Gasteiger partial charge in [0, 0.05) is 21.9 Å². The molecule has 0 amide bonds. The van der Waals surface area contributed by atoms with Gasteiger partial charge in [0.15, 0.2) is 4.77 Å². The van der Waals surface area contributed by atoms with Crippen molar-refractivity contribution >= 4 is 45.5 Å². The van der Waals surface area contributed by atoms with Gasteiger partial charge in [-0.1, -0.05) is 19.9 Å². The summed E-state index contributed by atoms with van der Waals surface area (Å²) in [5.74, 6) is 0.975. The Balaban J connectivity index is 2.33. The van der Waals surface area contributed by atoms with Crippen LogP contribution in [-0.4, -0.2) is 14.3 Å². The SMILES string of the molecule is C=CCn1c(=S)[nH]c2sc3c(c2c1=O)CC(C)(C)SC3. The maximum Gasteiger partial charge on any atom is 0.263 e. The molecule has 2 aromatic heterocycles. The van der Waals surface area contributed by atoms with E-state index in [2.05, 4.69) is 25.4 Å². The molecular weight excluding hydrogens is 308 g/mol. The number of hydrogen-bond acceptors (Lipinski definition) is 4. The second-order valence-corrected chi connectivity index (χ2v) is 8.74. The van der Waals surface area contributed by atoms with Crippen LogP contribution >= 0.6 is 35.3 Å². The maximum absolute atomic E-state index is 12.7. The third-order valence-corrected chi connectivity index (χ3v) is 6.53. The van der Waals surface area contributed by atoms with Crippen molar-refractivity contribution < 1.29 is 0 Å². The second kappa shape index (κ2) is 4.86. The highest BCUT2D eigenvalue weighted by Crippen LogP contribution is 2.43. The summed E-state index contributed by atoms with van der Waals surface area (Å²) in [7, 11) is 0. The molecule has 0 spiro atoms. The monoisotopic (exact) mass is 324 g/mol. The van der Waals surface area contributed by atoms with Gasteiger partial charge in [0.1, 0.15) is 4.83 Å². The van der Waals surface area contributed by atoms with Crippen molar-refractivity contribution in [1.82, 2.24) is 9.55 Å². The van der Waals surface area contributed by atoms with E-state index in [9.17, 15) is 4.79 Å². The fourth-order valence-corrected chi connectivity index (χ4v) is 5.24. The number of nitrogens with one attached hydrogen (secondary N) is 1. The molecule has 0 aliphatic carbocycles. The largest absolute Gasteiger partial charge is 0.323 e. The first kappa shape index (κ1) is 14.1. The summed E-state index contributed by atoms with van der Waals surface area (Å²) in [5.41, 5.74) is 1.23. The van der Waals surface area contributed by atoms with Crippen molar-refractivity contribution in [3.8, 4) is 0 Å². The molecule has 20 heavy (non-hydrogen) atoms. The molecule has 0 radical (unpaired) electrons. The Morgan fingerprint density at radius 3 is 3.00 bits per heavy atom. The molecule has 1 N–H and O–H groups in total. The van der Waals surface area contributed by atoms with Crippen LogP contribution in [0, 0.1) is 4.77 Å². The normalized spacial score (nSPS) is 17.1. The average Bonchev–Trinajstić information content (AvgIpc) is 2.70. The Hall–Kier alpha value is -0.850. The second-order valence-electron chi connectivity index (χ2n) is 5.57. The molecule has 0 aromatic carbocycles. The van der Waals surface area contributed by atoms with Crippen molar-refractivity contribution in [1.29, 1.82) is 0 Å². The average molecular weight is 324 g/mol. The quantitative estimate of drug-likeness (QED) is 0.673. The van der Waals surface area contributed by atoms with Gasteiger partial charge in [-0.3, -0.25) is 9.36 Å². The number of fused-ring (bicyclic) bond motifs is 3. The van der Waals surface area contributed by atoms with Gasteiger partial charge in [-0.05, 0) is 24.2 Å². The summed E-state index contributed by atoms with van der Waals surface area (Å²) in [6.45, 7) is 8.61. The lowest BCUT2D eigenvalue weighted by molar-refractivity contribution is 0.697. The zero-order valence-corrected chi connectivity index (χ0v) is 13.9. The number of allylic oxidation sites excluding steroid dienone is 1. The molecule has 3 heterocycles. The van der Waals surface area contributed by atoms with E-state index in [0.717, 1.165) is 22.4 Å². The molecule has 0 atom stereocenters. The molecule has 3 nitrogen and oxygen atoms in total. The molecule has 3 rings (SSSR count). The molecule has 106 valence electrons. The van der Waals surface area contributed by atoms with Crippen LogP contribution in [0.5, 0.6) is 0 Å². The summed E-state index contributed by atoms with van der Waals surface area (Å²) in [6.07, 6.45) is 2.64. The van der Waals surface area contributed by atoms with Gasteiger partial charge >= 0.3 is 0 Å². The lowest BCUT2D eigenvalue weighted by Gasteiger charge is -2.28. The van der Waals surface area contributed by atoms with Gasteiger partial charge in [0.25, 0.3) is 5.56 Å². The lowest BCUT2D eigenvalue weighted by atomic mass is 10.00. The van der Waals surface area contributed by atoms with E-state index in [1.807, 2.05) is 11.8 Å². The third kappa shape index (κ3) is 2.19. The zero-order chi connectivity index (χ0) is 14.5. The van der Waals surface area contributed by atoms with E-state index in [1.54, 1.807) is 22.0 Å². The Kier molecular flexibility index (Phi) is 3.43. The van der Waals surface area contributed by atoms with Crippen LogP contribution in [0.3, 0.4) is 0 Å². The van der Waals surface area contributed by atoms with Gasteiger partial charge in [-0.15, -0.1) is 29.7 Å². The minimum Gasteiger partial charge on any atom is -0.323 e. The number of nitrogens with zero attached hydrogens (tertiary/aromatic N) is 1. The molecule has 0 bridgehead atoms. The molecule has 0 unspecified atom stereocenters. The fraction of sp³-hybridized carbons (Fsp3) is 0.429. The first-order valence-electron chi connectivity index (χ1n) is 6.45. The van der Waals surface area contributed by atoms with Crippen LogP contribution in [0.1, 0.15) is 24.3 Å². The lowest BCUT2D eigenvalue weighted by Crippen LogP contribution is -2.26. The van der Waals surface area contributed by atoms with Gasteiger partial charge in [0.05, 0.1) is 5.39 Å². The van der Waals surface area contributed by atoms with Crippen molar-refractivity contribution in [3.05, 3.63) is 38.2 Å². The van der Waals surface area contributed by atoms with Crippen molar-refractivity contribution in [2.24, 2.45) is 0 Å². The Bertz CT molecular complexity index is 810. The minimum absolute atomic E-state index is 0.0175. The molecule has 1 aliphatic heterocycles. The highest BCUT2D eigenvalue weighted by molar-refractivity contribution is 8.00. The Labute approximate surface area is 130 Å². The smallest absolute Gasteiger partial charge is 0.263 e. The van der Waals surface area contributed by atoms with E-state index in [4.69, 9.17) is 12.2 Å². The maximum atomic E-state index is 12.7. The molecule has 2 aromatic rings. The number of thioether (sulfide) groups is 1. The third-order valence-electron chi connectivity index (χ3n) is 3.52. The number of aromatic nitrogens is 2. The molecule has 6 heteroatoms. The Morgan fingerprint density at radius 2 is 2.30 bits per heavy atom. The number of hydrogen-bond donors (Lipinski definition) is 1. The number of thiophene rings is 1. The summed E-state index contributed by atoms with van der Waals surface area (Å²) >= 11 is 8.90. The van der Waals surface area contributed by atoms with E-state index in [0.29, 0.717) is 11.3 Å². The Morgan fingerprint density at radius 1 is 1.55 bits per heavy atom. The first-order valence-corrected chi connectivity index (χ1v) is 8.66. The van der Waals surface area contributed by atoms with E-state index in [1.165, 1.54) is 10.4 Å². The molecule has 0 fully saturated rings. The predicted octanol–water partition coefficient (Wildman–Crippen LogP) is 3.87. The van der Waals surface area contributed by atoms with Crippen LogP contribution in [0.25, 0.3) is 10.2 Å². The van der Waals surface area contributed by atoms with Crippen LogP contribution < -0.4 is 5.56 Å². The zero-order valence-electron chi connectivity index (χ0n) is 11.5. The predicted molar refractivity (Wildman–Crippen MR) is 90.5 cm³/mol. The number of rotatable bonds is 2. The summed E-state index contributed by atoms with van der Waals surface area (Å²) in [4.78, 5) is 18.1. The van der Waals surface area contributed by atoms with E-state index in [-0.39, 0.29) is 10.3 Å².